The fourth-order valence-corrected chi connectivity index (χ4v) is 3.31. The zero-order chi connectivity index (χ0) is 17.8. The Bertz CT molecular complexity index is 669. The van der Waals surface area contributed by atoms with Crippen LogP contribution in [0.4, 0.5) is 5.69 Å². The largest absolute Gasteiger partial charge is 0.480 e. The lowest BCUT2D eigenvalue weighted by Gasteiger charge is -2.33. The molecule has 0 aliphatic carbocycles. The number of piperidine rings is 1. The Morgan fingerprint density at radius 1 is 1.20 bits per heavy atom. The van der Waals surface area contributed by atoms with E-state index in [1.807, 2.05) is 0 Å². The predicted octanol–water partition coefficient (Wildman–Crippen LogP) is 1.74. The van der Waals surface area contributed by atoms with Gasteiger partial charge in [-0.1, -0.05) is 6.07 Å². The van der Waals surface area contributed by atoms with Gasteiger partial charge in [0.2, 0.25) is 5.91 Å². The minimum Gasteiger partial charge on any atom is -0.480 e. The number of benzene rings is 1. The van der Waals surface area contributed by atoms with Crippen LogP contribution in [-0.4, -0.2) is 53.6 Å². The van der Waals surface area contributed by atoms with Crippen LogP contribution in [0.25, 0.3) is 0 Å². The smallest absolute Gasteiger partial charge is 0.326 e. The molecule has 2 heterocycles. The molecule has 2 aliphatic rings. The summed E-state index contributed by atoms with van der Waals surface area (Å²) in [6, 6.07) is 5.87. The lowest BCUT2D eigenvalue weighted by molar-refractivity contribution is -0.143. The minimum absolute atomic E-state index is 0.122. The maximum Gasteiger partial charge on any atom is 0.326 e. The van der Waals surface area contributed by atoms with Crippen molar-refractivity contribution in [1.29, 1.82) is 0 Å². The van der Waals surface area contributed by atoms with Gasteiger partial charge in [0.25, 0.3) is 5.91 Å². The van der Waals surface area contributed by atoms with E-state index in [0.29, 0.717) is 43.9 Å². The fourth-order valence-electron chi connectivity index (χ4n) is 3.31. The quantitative estimate of drug-likeness (QED) is 0.866. The molecule has 3 rings (SSSR count). The first-order valence-corrected chi connectivity index (χ1v) is 8.58. The van der Waals surface area contributed by atoms with Gasteiger partial charge in [0.1, 0.15) is 6.04 Å². The molecule has 1 aromatic carbocycles. The van der Waals surface area contributed by atoms with Crippen LogP contribution in [-0.2, 0) is 14.3 Å². The molecule has 0 saturated carbocycles. The van der Waals surface area contributed by atoms with Crippen molar-refractivity contribution in [2.24, 2.45) is 5.92 Å². The summed E-state index contributed by atoms with van der Waals surface area (Å²) in [6.45, 7) is 1.44. The van der Waals surface area contributed by atoms with E-state index in [-0.39, 0.29) is 17.7 Å². The Labute approximate surface area is 146 Å². The van der Waals surface area contributed by atoms with Crippen molar-refractivity contribution >= 4 is 23.5 Å². The molecule has 2 N–H and O–H groups in total. The van der Waals surface area contributed by atoms with Gasteiger partial charge in [0.15, 0.2) is 0 Å². The first-order chi connectivity index (χ1) is 12.1. The van der Waals surface area contributed by atoms with Crippen LogP contribution < -0.4 is 5.32 Å². The highest BCUT2D eigenvalue weighted by Gasteiger charge is 2.32. The predicted molar refractivity (Wildman–Crippen MR) is 90.3 cm³/mol. The molecule has 0 unspecified atom stereocenters. The van der Waals surface area contributed by atoms with Crippen molar-refractivity contribution in [3.8, 4) is 0 Å². The second kappa shape index (κ2) is 7.65. The summed E-state index contributed by atoms with van der Waals surface area (Å²) < 4.78 is 5.21. The Morgan fingerprint density at radius 2 is 2.04 bits per heavy atom. The van der Waals surface area contributed by atoms with Gasteiger partial charge in [-0.2, -0.15) is 0 Å². The number of nitrogens with one attached hydrogen (secondary N) is 1. The molecule has 0 spiro atoms. The molecule has 1 aromatic rings. The third kappa shape index (κ3) is 3.99. The maximum atomic E-state index is 12.7. The van der Waals surface area contributed by atoms with Crippen LogP contribution in [0.2, 0.25) is 0 Å². The Kier molecular flexibility index (Phi) is 5.33. The van der Waals surface area contributed by atoms with E-state index < -0.39 is 12.0 Å². The fraction of sp³-hybridized carbons (Fsp3) is 0.500. The number of carboxylic acids is 1. The maximum absolute atomic E-state index is 12.7. The molecule has 25 heavy (non-hydrogen) atoms. The minimum atomic E-state index is -0.973. The van der Waals surface area contributed by atoms with E-state index in [0.717, 1.165) is 12.8 Å². The van der Waals surface area contributed by atoms with Gasteiger partial charge in [0.05, 0.1) is 12.5 Å². The molecular formula is C18H22N2O5. The monoisotopic (exact) mass is 346 g/mol. The molecule has 2 saturated heterocycles. The average Bonchev–Trinajstić information content (AvgIpc) is 3.16. The first-order valence-electron chi connectivity index (χ1n) is 8.58. The van der Waals surface area contributed by atoms with Crippen LogP contribution in [0, 0.1) is 5.92 Å². The van der Waals surface area contributed by atoms with Crippen LogP contribution in [0.15, 0.2) is 24.3 Å². The van der Waals surface area contributed by atoms with Crippen molar-refractivity contribution in [2.45, 2.75) is 31.7 Å². The van der Waals surface area contributed by atoms with Crippen molar-refractivity contribution in [3.63, 3.8) is 0 Å². The number of nitrogens with zero attached hydrogens (tertiary/aromatic N) is 1. The Morgan fingerprint density at radius 3 is 2.76 bits per heavy atom. The summed E-state index contributed by atoms with van der Waals surface area (Å²) in [7, 11) is 0. The lowest BCUT2D eigenvalue weighted by atomic mass is 10.0. The zero-order valence-corrected chi connectivity index (χ0v) is 13.9. The number of aliphatic carboxylic acids is 1. The number of hydrogen-bond acceptors (Lipinski definition) is 4. The van der Waals surface area contributed by atoms with Crippen molar-refractivity contribution in [2.75, 3.05) is 25.1 Å². The van der Waals surface area contributed by atoms with Crippen LogP contribution >= 0.6 is 0 Å². The van der Waals surface area contributed by atoms with Crippen molar-refractivity contribution < 1.29 is 24.2 Å². The van der Waals surface area contributed by atoms with Crippen molar-refractivity contribution in [3.05, 3.63) is 29.8 Å². The van der Waals surface area contributed by atoms with Crippen LogP contribution in [0.3, 0.4) is 0 Å². The van der Waals surface area contributed by atoms with Crippen molar-refractivity contribution in [1.82, 2.24) is 4.90 Å². The summed E-state index contributed by atoms with van der Waals surface area (Å²) in [5, 5.41) is 12.1. The van der Waals surface area contributed by atoms with E-state index in [1.165, 1.54) is 4.90 Å². The molecule has 134 valence electrons. The average molecular weight is 346 g/mol. The van der Waals surface area contributed by atoms with Gasteiger partial charge in [-0.05, 0) is 43.9 Å². The standard InChI is InChI=1S/C18H22N2O5/c21-16(13-7-9-25-11-13)19-14-5-3-4-12(10-14)17(22)20-8-2-1-6-15(20)18(23)24/h3-5,10,13,15H,1-2,6-9,11H2,(H,19,21)(H,23,24)/t13-,15+/m1/s1. The number of amides is 2. The molecule has 2 atom stereocenters. The summed E-state index contributed by atoms with van der Waals surface area (Å²) in [4.78, 5) is 37.7. The third-order valence-electron chi connectivity index (χ3n) is 4.73. The van der Waals surface area contributed by atoms with Gasteiger partial charge in [-0.3, -0.25) is 9.59 Å². The molecule has 2 fully saturated rings. The van der Waals surface area contributed by atoms with Crippen LogP contribution in [0.1, 0.15) is 36.0 Å². The Balaban J connectivity index is 1.72. The van der Waals surface area contributed by atoms with Crippen LogP contribution in [0.5, 0.6) is 0 Å². The summed E-state index contributed by atoms with van der Waals surface area (Å²) >= 11 is 0. The number of likely N-dealkylation sites (tertiary alicyclic amines) is 1. The van der Waals surface area contributed by atoms with E-state index in [1.54, 1.807) is 24.3 Å². The highest BCUT2D eigenvalue weighted by molar-refractivity contribution is 5.99. The number of anilines is 1. The second-order valence-corrected chi connectivity index (χ2v) is 6.48. The molecule has 2 amide bonds. The molecule has 7 nitrogen and oxygen atoms in total. The van der Waals surface area contributed by atoms with E-state index in [2.05, 4.69) is 5.32 Å². The highest BCUT2D eigenvalue weighted by Crippen LogP contribution is 2.22. The van der Waals surface area contributed by atoms with Gasteiger partial charge in [-0.25, -0.2) is 4.79 Å². The van der Waals surface area contributed by atoms with Gasteiger partial charge >= 0.3 is 5.97 Å². The lowest BCUT2D eigenvalue weighted by Crippen LogP contribution is -2.48. The zero-order valence-electron chi connectivity index (χ0n) is 13.9. The highest BCUT2D eigenvalue weighted by atomic mass is 16.5. The number of carbonyl (C=O) groups excluding carboxylic acids is 2. The molecular weight excluding hydrogens is 324 g/mol. The van der Waals surface area contributed by atoms with Gasteiger partial charge in [-0.15, -0.1) is 0 Å². The summed E-state index contributed by atoms with van der Waals surface area (Å²) in [6.07, 6.45) is 2.77. The van der Waals surface area contributed by atoms with E-state index in [4.69, 9.17) is 4.74 Å². The summed E-state index contributed by atoms with van der Waals surface area (Å²) in [5.41, 5.74) is 0.917. The topological polar surface area (TPSA) is 95.9 Å². The van der Waals surface area contributed by atoms with Gasteiger partial charge in [0, 0.05) is 24.4 Å². The molecule has 7 heteroatoms. The number of carbonyl (C=O) groups is 3. The van der Waals surface area contributed by atoms with E-state index >= 15 is 0 Å². The summed E-state index contributed by atoms with van der Waals surface area (Å²) in [5.74, 6) is -1.58. The van der Waals surface area contributed by atoms with E-state index in [9.17, 15) is 19.5 Å². The third-order valence-corrected chi connectivity index (χ3v) is 4.73. The number of hydrogen-bond donors (Lipinski definition) is 2. The Hall–Kier alpha value is -2.41. The molecule has 0 radical (unpaired) electrons. The molecule has 2 aliphatic heterocycles. The van der Waals surface area contributed by atoms with Gasteiger partial charge < -0.3 is 20.1 Å². The number of carboxylic acid groups (broad SMARTS) is 1. The molecule has 0 aromatic heterocycles. The number of rotatable bonds is 4. The SMILES string of the molecule is O=C(Nc1cccc(C(=O)N2CCCC[C@H]2C(=O)O)c1)[C@@H]1CCOC1. The first kappa shape index (κ1) is 17.4. The molecule has 0 bridgehead atoms. The second-order valence-electron chi connectivity index (χ2n) is 6.48. The normalized spacial score (nSPS) is 23.3. The number of ether oxygens (including phenoxy) is 1.